The molecule has 4 aromatic rings. The van der Waals surface area contributed by atoms with Gasteiger partial charge in [0.2, 0.25) is 7.51 Å². The van der Waals surface area contributed by atoms with Gasteiger partial charge in [-0.05, 0) is 0 Å². The Balaban J connectivity index is 2.02. The molecule has 1 heterocycles. The minimum Gasteiger partial charge on any atom is -0.271 e. The van der Waals surface area contributed by atoms with E-state index in [1.165, 1.54) is 0 Å². The first-order chi connectivity index (χ1) is 16.0. The molecule has 166 valence electrons. The fourth-order valence-corrected chi connectivity index (χ4v) is 17.6. The number of benzene rings is 4. The number of hydrogen-bond acceptors (Lipinski definition) is 2. The molecule has 1 aliphatic heterocycles. The lowest BCUT2D eigenvalue weighted by Crippen LogP contribution is -2.32. The van der Waals surface area contributed by atoms with Gasteiger partial charge < -0.3 is 0 Å². The molecule has 3 N–H and O–H groups in total. The van der Waals surface area contributed by atoms with E-state index in [1.807, 2.05) is 84.3 Å². The van der Waals surface area contributed by atoms with Crippen LogP contribution in [0.2, 0.25) is 0 Å². The van der Waals surface area contributed by atoms with Gasteiger partial charge in [0.05, 0.1) is 0 Å². The van der Waals surface area contributed by atoms with Crippen molar-refractivity contribution >= 4 is 43.1 Å². The summed E-state index contributed by atoms with van der Waals surface area (Å²) in [6.45, 7) is 0. The first kappa shape index (κ1) is 22.3. The topological polar surface area (TPSA) is 77.8 Å². The number of nitrogens with zero attached hydrogens (tertiary/aromatic N) is 3. The molecule has 0 aliphatic carbocycles. The molecule has 1 aliphatic rings. The lowest BCUT2D eigenvalue weighted by Gasteiger charge is -2.44. The minimum absolute atomic E-state index is 1.03. The van der Waals surface area contributed by atoms with Crippen LogP contribution in [0.15, 0.2) is 130 Å². The lowest BCUT2D eigenvalue weighted by atomic mass is 10.4. The van der Waals surface area contributed by atoms with E-state index in [9.17, 15) is 5.16 Å². The molecule has 0 saturated heterocycles. The minimum atomic E-state index is -3.12. The van der Waals surface area contributed by atoms with Gasteiger partial charge in [-0.25, -0.2) is 13.5 Å². The van der Waals surface area contributed by atoms with E-state index >= 15 is 0 Å². The van der Waals surface area contributed by atoms with Crippen molar-refractivity contribution in [1.29, 1.82) is 5.16 Å². The zero-order valence-corrected chi connectivity index (χ0v) is 21.0. The van der Waals surface area contributed by atoms with E-state index in [0.29, 0.717) is 0 Å². The van der Waals surface area contributed by atoms with Crippen LogP contribution in [-0.2, 0) is 0 Å². The Morgan fingerprint density at radius 1 is 0.576 bits per heavy atom. The molecule has 0 amide bonds. The summed E-state index contributed by atoms with van der Waals surface area (Å²) in [5, 5.41) is 13.6. The Hall–Kier alpha value is -2.51. The SMILES string of the molecule is CN1P(c2ccccc2)(c2ccccc2)=NP(c2ccccc2)(c2ccccc2)=N[P@@]1(=N)N. The van der Waals surface area contributed by atoms with Crippen LogP contribution in [0.3, 0.4) is 0 Å². The van der Waals surface area contributed by atoms with Crippen LogP contribution in [-0.4, -0.2) is 11.5 Å². The standard InChI is InChI=1S/C25H26N5P3/c1-30-32(24-18-10-4-11-19-24,25-20-12-5-13-21-25)28-31(29-33(30,26)27,22-14-6-2-7-15-22)23-16-8-3-9-17-23/h2-21H,1H3,(H3,26,27). The Kier molecular flexibility index (Phi) is 5.87. The van der Waals surface area contributed by atoms with Gasteiger partial charge in [-0.3, -0.25) is 10.7 Å². The highest BCUT2D eigenvalue weighted by molar-refractivity contribution is 7.97. The number of rotatable bonds is 4. The molecule has 8 heteroatoms. The summed E-state index contributed by atoms with van der Waals surface area (Å²) in [7, 11) is -6.50. The lowest BCUT2D eigenvalue weighted by molar-refractivity contribution is 0.860. The molecule has 0 saturated carbocycles. The summed E-state index contributed by atoms with van der Waals surface area (Å²) in [6, 6.07) is 41.1. The van der Waals surface area contributed by atoms with Crippen molar-refractivity contribution in [3.05, 3.63) is 121 Å². The van der Waals surface area contributed by atoms with Crippen LogP contribution >= 0.6 is 21.9 Å². The zero-order valence-electron chi connectivity index (χ0n) is 18.3. The molecule has 4 aromatic carbocycles. The van der Waals surface area contributed by atoms with E-state index in [1.54, 1.807) is 0 Å². The average Bonchev–Trinajstić information content (AvgIpc) is 2.88. The maximum absolute atomic E-state index is 9.38. The molecule has 0 spiro atoms. The Bertz CT molecular complexity index is 1340. The van der Waals surface area contributed by atoms with Crippen molar-refractivity contribution in [3.63, 3.8) is 0 Å². The molecule has 5 nitrogen and oxygen atoms in total. The van der Waals surface area contributed by atoms with E-state index in [2.05, 4.69) is 48.5 Å². The quantitative estimate of drug-likeness (QED) is 0.348. The first-order valence-corrected chi connectivity index (χ1v) is 15.8. The van der Waals surface area contributed by atoms with Gasteiger partial charge in [-0.15, -0.1) is 0 Å². The van der Waals surface area contributed by atoms with Gasteiger partial charge in [-0.2, -0.15) is 0 Å². The predicted molar refractivity (Wildman–Crippen MR) is 145 cm³/mol. The van der Waals surface area contributed by atoms with Crippen LogP contribution in [0.5, 0.6) is 0 Å². The van der Waals surface area contributed by atoms with Crippen molar-refractivity contribution in [1.82, 2.24) is 4.44 Å². The first-order valence-electron chi connectivity index (χ1n) is 10.7. The van der Waals surface area contributed by atoms with Gasteiger partial charge in [0.1, 0.15) is 14.4 Å². The number of nitrogens with one attached hydrogen (secondary N) is 1. The second-order valence-corrected chi connectivity index (χ2v) is 16.6. The van der Waals surface area contributed by atoms with Gasteiger partial charge in [0.25, 0.3) is 0 Å². The van der Waals surface area contributed by atoms with Gasteiger partial charge in [0.15, 0.2) is 0 Å². The molecule has 5 rings (SSSR count). The molecule has 0 unspecified atom stereocenters. The van der Waals surface area contributed by atoms with Crippen molar-refractivity contribution in [2.45, 2.75) is 0 Å². The molecule has 0 radical (unpaired) electrons. The van der Waals surface area contributed by atoms with Crippen molar-refractivity contribution in [2.24, 2.45) is 14.5 Å². The largest absolute Gasteiger partial charge is 0.271 e. The third kappa shape index (κ3) is 3.71. The van der Waals surface area contributed by atoms with Crippen molar-refractivity contribution in [2.75, 3.05) is 7.05 Å². The highest BCUT2D eigenvalue weighted by Crippen LogP contribution is 2.76. The van der Waals surface area contributed by atoms with Gasteiger partial charge in [-0.1, -0.05) is 121 Å². The van der Waals surface area contributed by atoms with Crippen LogP contribution in [0.1, 0.15) is 0 Å². The maximum atomic E-state index is 9.38. The normalized spacial score (nSPS) is 21.5. The van der Waals surface area contributed by atoms with Crippen LogP contribution < -0.4 is 26.7 Å². The van der Waals surface area contributed by atoms with E-state index in [4.69, 9.17) is 14.5 Å². The summed E-state index contributed by atoms with van der Waals surface area (Å²) in [5.41, 5.74) is 6.85. The fraction of sp³-hybridized carbons (Fsp3) is 0.0400. The second-order valence-electron chi connectivity index (χ2n) is 7.86. The summed E-state index contributed by atoms with van der Waals surface area (Å²) in [5.74, 6) is 0. The second kappa shape index (κ2) is 8.69. The van der Waals surface area contributed by atoms with E-state index in [0.717, 1.165) is 21.2 Å². The van der Waals surface area contributed by atoms with Crippen LogP contribution in [0, 0.1) is 5.16 Å². The molecule has 33 heavy (non-hydrogen) atoms. The smallest absolute Gasteiger partial charge is 0.209 e. The Morgan fingerprint density at radius 3 is 1.27 bits per heavy atom. The summed E-state index contributed by atoms with van der Waals surface area (Å²) < 4.78 is 13.0. The molecule has 1 atom stereocenters. The van der Waals surface area contributed by atoms with E-state index < -0.39 is 21.9 Å². The Morgan fingerprint density at radius 2 is 0.909 bits per heavy atom. The fourth-order valence-electron chi connectivity index (χ4n) is 4.20. The van der Waals surface area contributed by atoms with Gasteiger partial charge in [0, 0.05) is 28.3 Å². The molecule has 0 fully saturated rings. The molecular weight excluding hydrogens is 463 g/mol. The molecule has 0 bridgehead atoms. The highest BCUT2D eigenvalue weighted by Gasteiger charge is 2.44. The summed E-state index contributed by atoms with van der Waals surface area (Å²) in [6.07, 6.45) is 0. The third-order valence-electron chi connectivity index (χ3n) is 5.85. The van der Waals surface area contributed by atoms with Crippen LogP contribution in [0.4, 0.5) is 0 Å². The van der Waals surface area contributed by atoms with Crippen molar-refractivity contribution in [3.8, 4) is 0 Å². The van der Waals surface area contributed by atoms with Gasteiger partial charge >= 0.3 is 0 Å². The van der Waals surface area contributed by atoms with E-state index in [-0.39, 0.29) is 0 Å². The number of nitrogens with two attached hydrogens (primary N) is 1. The van der Waals surface area contributed by atoms with Crippen LogP contribution in [0.25, 0.3) is 0 Å². The Labute approximate surface area is 195 Å². The number of hydrogen-bond donors (Lipinski definition) is 2. The zero-order chi connectivity index (χ0) is 22.9. The predicted octanol–water partition coefficient (Wildman–Crippen LogP) is 5.95. The monoisotopic (exact) mass is 489 g/mol. The van der Waals surface area contributed by atoms with Crippen molar-refractivity contribution < 1.29 is 0 Å². The molecular formula is C25H26N5P3. The average molecular weight is 489 g/mol. The summed E-state index contributed by atoms with van der Waals surface area (Å²) in [4.78, 5) is 0. The summed E-state index contributed by atoms with van der Waals surface area (Å²) >= 11 is 0. The highest BCUT2D eigenvalue weighted by atomic mass is 31.3. The third-order valence-corrected chi connectivity index (χ3v) is 17.4. The maximum Gasteiger partial charge on any atom is 0.209 e. The molecule has 0 aromatic heterocycles.